The summed E-state index contributed by atoms with van der Waals surface area (Å²) in [6.45, 7) is 16.3. The van der Waals surface area contributed by atoms with Crippen molar-refractivity contribution >= 4 is 36.1 Å². The fourth-order valence-corrected chi connectivity index (χ4v) is 5.61. The molecule has 0 radical (unpaired) electrons. The molecule has 4 fully saturated rings. The van der Waals surface area contributed by atoms with Gasteiger partial charge in [0, 0.05) is 37.8 Å². The minimum atomic E-state index is -0.922. The number of imide groups is 1. The molecular formula is C28H43BN4O5. The zero-order valence-electron chi connectivity index (χ0n) is 23.9. The Bertz CT molecular complexity index is 1060. The number of nitrogens with one attached hydrogen (secondary N) is 2. The molecule has 4 aliphatic rings. The molecule has 3 saturated heterocycles. The number of urea groups is 1. The number of hydrogen-bond acceptors (Lipinski definition) is 6. The minimum absolute atomic E-state index is 0.0291. The zero-order valence-corrected chi connectivity index (χ0v) is 23.9. The largest absolute Gasteiger partial charge is 0.494 e. The number of amides is 4. The molecule has 2 atom stereocenters. The SMILES string of the molecule is CC.C[C@H]1CN(C(=O)CCC2(C3CC3)NC(=O)NC2=O)CCN1c1cccc(B2OC(C)(C)C(C)(C)O2)c1. The second kappa shape index (κ2) is 10.5. The Labute approximate surface area is 227 Å². The van der Waals surface area contributed by atoms with Gasteiger partial charge < -0.3 is 24.4 Å². The molecule has 208 valence electrons. The Morgan fingerprint density at radius 3 is 2.29 bits per heavy atom. The van der Waals surface area contributed by atoms with Crippen molar-refractivity contribution in [2.24, 2.45) is 5.92 Å². The second-order valence-electron chi connectivity index (χ2n) is 11.7. The third-order valence-corrected chi connectivity index (χ3v) is 8.68. The first-order valence-corrected chi connectivity index (χ1v) is 14.1. The van der Waals surface area contributed by atoms with Crippen LogP contribution in [0.5, 0.6) is 0 Å². The van der Waals surface area contributed by atoms with Gasteiger partial charge >= 0.3 is 13.1 Å². The average Bonchev–Trinajstić information content (AvgIpc) is 3.64. The Hall–Kier alpha value is -2.59. The number of rotatable bonds is 6. The van der Waals surface area contributed by atoms with Crippen LogP contribution in [0.4, 0.5) is 10.5 Å². The van der Waals surface area contributed by atoms with Crippen LogP contribution in [0, 0.1) is 5.92 Å². The molecule has 3 aliphatic heterocycles. The summed E-state index contributed by atoms with van der Waals surface area (Å²) in [5.41, 5.74) is 0.354. The highest BCUT2D eigenvalue weighted by molar-refractivity contribution is 6.62. The fraction of sp³-hybridized carbons (Fsp3) is 0.679. The zero-order chi connectivity index (χ0) is 27.9. The molecule has 3 heterocycles. The monoisotopic (exact) mass is 526 g/mol. The number of hydrogen-bond donors (Lipinski definition) is 2. The van der Waals surface area contributed by atoms with Crippen LogP contribution in [0.15, 0.2) is 24.3 Å². The molecule has 0 bridgehead atoms. The van der Waals surface area contributed by atoms with Gasteiger partial charge in [-0.1, -0.05) is 26.0 Å². The number of nitrogens with zero attached hydrogens (tertiary/aromatic N) is 2. The molecule has 38 heavy (non-hydrogen) atoms. The Morgan fingerprint density at radius 2 is 1.74 bits per heavy atom. The molecule has 0 aromatic heterocycles. The Morgan fingerprint density at radius 1 is 1.08 bits per heavy atom. The lowest BCUT2D eigenvalue weighted by atomic mass is 9.79. The van der Waals surface area contributed by atoms with Crippen LogP contribution >= 0.6 is 0 Å². The van der Waals surface area contributed by atoms with E-state index in [0.29, 0.717) is 26.1 Å². The van der Waals surface area contributed by atoms with E-state index in [4.69, 9.17) is 9.31 Å². The highest BCUT2D eigenvalue weighted by Gasteiger charge is 2.56. The fourth-order valence-electron chi connectivity index (χ4n) is 5.61. The van der Waals surface area contributed by atoms with Crippen LogP contribution in [0.25, 0.3) is 0 Å². The molecule has 1 aromatic carbocycles. The third kappa shape index (κ3) is 5.30. The molecule has 10 heteroatoms. The number of piperazine rings is 1. The van der Waals surface area contributed by atoms with E-state index >= 15 is 0 Å². The van der Waals surface area contributed by atoms with Crippen LogP contribution in [-0.4, -0.2) is 72.3 Å². The topological polar surface area (TPSA) is 100 Å². The van der Waals surface area contributed by atoms with E-state index < -0.39 is 29.9 Å². The van der Waals surface area contributed by atoms with Gasteiger partial charge in [-0.25, -0.2) is 4.79 Å². The summed E-state index contributed by atoms with van der Waals surface area (Å²) >= 11 is 0. The summed E-state index contributed by atoms with van der Waals surface area (Å²) in [6.07, 6.45) is 2.40. The molecule has 5 rings (SSSR count). The smallest absolute Gasteiger partial charge is 0.399 e. The van der Waals surface area contributed by atoms with Crippen molar-refractivity contribution in [3.8, 4) is 0 Å². The van der Waals surface area contributed by atoms with Gasteiger partial charge in [0.15, 0.2) is 0 Å². The van der Waals surface area contributed by atoms with Gasteiger partial charge in [-0.2, -0.15) is 0 Å². The lowest BCUT2D eigenvalue weighted by Crippen LogP contribution is -2.55. The van der Waals surface area contributed by atoms with Crippen LogP contribution in [0.1, 0.15) is 74.1 Å². The van der Waals surface area contributed by atoms with Crippen LogP contribution in [0.2, 0.25) is 0 Å². The van der Waals surface area contributed by atoms with Gasteiger partial charge in [-0.3, -0.25) is 14.9 Å². The van der Waals surface area contributed by atoms with Gasteiger partial charge in [-0.15, -0.1) is 0 Å². The Balaban J connectivity index is 0.00000164. The van der Waals surface area contributed by atoms with Crippen LogP contribution < -0.4 is 21.0 Å². The van der Waals surface area contributed by atoms with Crippen molar-refractivity contribution in [2.45, 2.75) is 96.9 Å². The predicted molar refractivity (Wildman–Crippen MR) is 148 cm³/mol. The number of carbonyl (C=O) groups is 3. The van der Waals surface area contributed by atoms with Crippen molar-refractivity contribution in [3.05, 3.63) is 24.3 Å². The normalized spacial score (nSPS) is 28.0. The van der Waals surface area contributed by atoms with E-state index in [0.717, 1.165) is 24.0 Å². The molecular weight excluding hydrogens is 483 g/mol. The van der Waals surface area contributed by atoms with Gasteiger partial charge in [0.1, 0.15) is 5.54 Å². The quantitative estimate of drug-likeness (QED) is 0.437. The summed E-state index contributed by atoms with van der Waals surface area (Å²) in [5, 5.41) is 5.17. The summed E-state index contributed by atoms with van der Waals surface area (Å²) in [6, 6.07) is 7.94. The summed E-state index contributed by atoms with van der Waals surface area (Å²) in [5.74, 6) is -0.131. The van der Waals surface area contributed by atoms with Crippen molar-refractivity contribution in [1.29, 1.82) is 0 Å². The lowest BCUT2D eigenvalue weighted by molar-refractivity contribution is -0.133. The molecule has 1 unspecified atom stereocenters. The maximum Gasteiger partial charge on any atom is 0.494 e. The molecule has 1 aliphatic carbocycles. The van der Waals surface area contributed by atoms with Gasteiger partial charge in [0.05, 0.1) is 11.2 Å². The molecule has 1 aromatic rings. The van der Waals surface area contributed by atoms with Crippen LogP contribution in [-0.2, 0) is 18.9 Å². The van der Waals surface area contributed by atoms with Crippen molar-refractivity contribution < 1.29 is 23.7 Å². The second-order valence-corrected chi connectivity index (χ2v) is 11.7. The van der Waals surface area contributed by atoms with E-state index in [1.807, 2.05) is 30.9 Å². The van der Waals surface area contributed by atoms with E-state index in [1.165, 1.54) is 0 Å². The van der Waals surface area contributed by atoms with Crippen molar-refractivity contribution in [1.82, 2.24) is 15.5 Å². The maximum atomic E-state index is 13.1. The summed E-state index contributed by atoms with van der Waals surface area (Å²) < 4.78 is 12.5. The molecule has 1 saturated carbocycles. The minimum Gasteiger partial charge on any atom is -0.399 e. The lowest BCUT2D eigenvalue weighted by Gasteiger charge is -2.41. The highest BCUT2D eigenvalue weighted by Crippen LogP contribution is 2.44. The first-order valence-electron chi connectivity index (χ1n) is 14.1. The van der Waals surface area contributed by atoms with Gasteiger partial charge in [0.2, 0.25) is 5.91 Å². The van der Waals surface area contributed by atoms with Crippen LogP contribution in [0.3, 0.4) is 0 Å². The van der Waals surface area contributed by atoms with E-state index in [1.54, 1.807) is 0 Å². The van der Waals surface area contributed by atoms with E-state index in [-0.39, 0.29) is 30.2 Å². The molecule has 4 amide bonds. The summed E-state index contributed by atoms with van der Waals surface area (Å²) in [7, 11) is -0.416. The number of carbonyl (C=O) groups excluding carboxylic acids is 3. The standard InChI is InChI=1S/C26H37BN4O5.C2H6/c1-17-16-30(21(32)11-12-26(18-9-10-18)22(33)28-23(34)29-26)13-14-31(17)20-8-6-7-19(15-20)27-35-24(2,3)25(4,5)36-27;1-2/h6-8,15,17-18H,9-14,16H2,1-5H3,(H2,28,29,33,34);1-2H3/t17-,26?;/m0./s1. The van der Waals surface area contributed by atoms with Gasteiger partial charge in [-0.05, 0) is 77.4 Å². The molecule has 9 nitrogen and oxygen atoms in total. The maximum absolute atomic E-state index is 13.1. The first kappa shape index (κ1) is 28.4. The molecule has 2 N–H and O–H groups in total. The Kier molecular flexibility index (Phi) is 7.87. The number of anilines is 1. The van der Waals surface area contributed by atoms with Crippen molar-refractivity contribution in [3.63, 3.8) is 0 Å². The average molecular weight is 526 g/mol. The van der Waals surface area contributed by atoms with Gasteiger partial charge in [0.25, 0.3) is 5.91 Å². The van der Waals surface area contributed by atoms with E-state index in [9.17, 15) is 14.4 Å². The first-order chi connectivity index (χ1) is 17.9. The third-order valence-electron chi connectivity index (χ3n) is 8.68. The number of benzene rings is 1. The highest BCUT2D eigenvalue weighted by atomic mass is 16.7. The molecule has 0 spiro atoms. The summed E-state index contributed by atoms with van der Waals surface area (Å²) in [4.78, 5) is 41.5. The van der Waals surface area contributed by atoms with E-state index in [2.05, 4.69) is 62.3 Å². The van der Waals surface area contributed by atoms with Crippen molar-refractivity contribution in [2.75, 3.05) is 24.5 Å². The predicted octanol–water partition coefficient (Wildman–Crippen LogP) is 2.82.